The lowest BCUT2D eigenvalue weighted by molar-refractivity contribution is 0.0737. The van der Waals surface area contributed by atoms with E-state index in [0.29, 0.717) is 11.6 Å². The van der Waals surface area contributed by atoms with E-state index in [4.69, 9.17) is 0 Å². The van der Waals surface area contributed by atoms with Gasteiger partial charge in [0.05, 0.1) is 0 Å². The Morgan fingerprint density at radius 1 is 1.50 bits per heavy atom. The monoisotopic (exact) mass is 219 g/mol. The van der Waals surface area contributed by atoms with Crippen molar-refractivity contribution in [1.82, 2.24) is 14.8 Å². The normalized spacial score (nSPS) is 21.0. The highest BCUT2D eigenvalue weighted by molar-refractivity contribution is 5.94. The fourth-order valence-corrected chi connectivity index (χ4v) is 2.09. The van der Waals surface area contributed by atoms with Gasteiger partial charge in [0.25, 0.3) is 5.91 Å². The molecule has 0 radical (unpaired) electrons. The van der Waals surface area contributed by atoms with Gasteiger partial charge in [-0.25, -0.2) is 0 Å². The van der Waals surface area contributed by atoms with Crippen LogP contribution in [0.15, 0.2) is 24.5 Å². The number of hydrogen-bond donors (Lipinski definition) is 0. The van der Waals surface area contributed by atoms with Crippen LogP contribution in [-0.4, -0.2) is 53.9 Å². The minimum atomic E-state index is 0.0858. The van der Waals surface area contributed by atoms with Crippen molar-refractivity contribution in [2.75, 3.05) is 27.2 Å². The van der Waals surface area contributed by atoms with E-state index in [-0.39, 0.29) is 5.91 Å². The minimum Gasteiger partial charge on any atom is -0.337 e. The summed E-state index contributed by atoms with van der Waals surface area (Å²) in [5, 5.41) is 0. The van der Waals surface area contributed by atoms with Crippen molar-refractivity contribution in [2.24, 2.45) is 0 Å². The van der Waals surface area contributed by atoms with Crippen LogP contribution in [0.2, 0.25) is 0 Å². The van der Waals surface area contributed by atoms with Gasteiger partial charge >= 0.3 is 0 Å². The van der Waals surface area contributed by atoms with Gasteiger partial charge in [-0.2, -0.15) is 0 Å². The molecule has 1 aromatic heterocycles. The predicted octanol–water partition coefficient (Wildman–Crippen LogP) is 0.858. The first-order valence-corrected chi connectivity index (χ1v) is 5.54. The molecule has 1 saturated heterocycles. The van der Waals surface area contributed by atoms with Crippen LogP contribution in [0.5, 0.6) is 0 Å². The molecule has 1 aliphatic heterocycles. The molecule has 16 heavy (non-hydrogen) atoms. The van der Waals surface area contributed by atoms with Crippen LogP contribution in [0, 0.1) is 0 Å². The molecule has 0 N–H and O–H groups in total. The van der Waals surface area contributed by atoms with Gasteiger partial charge in [-0.05, 0) is 32.1 Å². The molecule has 4 heteroatoms. The van der Waals surface area contributed by atoms with Gasteiger partial charge in [0, 0.05) is 37.6 Å². The molecule has 1 unspecified atom stereocenters. The third-order valence-electron chi connectivity index (χ3n) is 3.16. The van der Waals surface area contributed by atoms with E-state index < -0.39 is 0 Å². The fourth-order valence-electron chi connectivity index (χ4n) is 2.09. The van der Waals surface area contributed by atoms with Crippen molar-refractivity contribution in [3.63, 3.8) is 0 Å². The van der Waals surface area contributed by atoms with Crippen LogP contribution in [0.3, 0.4) is 0 Å². The van der Waals surface area contributed by atoms with E-state index in [9.17, 15) is 4.79 Å². The molecule has 0 aromatic carbocycles. The maximum absolute atomic E-state index is 12.1. The van der Waals surface area contributed by atoms with Crippen molar-refractivity contribution >= 4 is 5.91 Å². The number of rotatable bonds is 2. The zero-order valence-corrected chi connectivity index (χ0v) is 9.76. The number of nitrogens with zero attached hydrogens (tertiary/aromatic N) is 3. The van der Waals surface area contributed by atoms with Crippen molar-refractivity contribution < 1.29 is 4.79 Å². The van der Waals surface area contributed by atoms with E-state index in [2.05, 4.69) is 16.9 Å². The van der Waals surface area contributed by atoms with Crippen LogP contribution in [-0.2, 0) is 0 Å². The van der Waals surface area contributed by atoms with Crippen LogP contribution < -0.4 is 0 Å². The molecule has 0 spiro atoms. The molecular formula is C12H17N3O. The lowest BCUT2D eigenvalue weighted by atomic mass is 10.2. The number of pyridine rings is 1. The van der Waals surface area contributed by atoms with Gasteiger partial charge in [0.15, 0.2) is 0 Å². The first kappa shape index (κ1) is 11.1. The van der Waals surface area contributed by atoms with E-state index in [1.807, 2.05) is 11.9 Å². The van der Waals surface area contributed by atoms with E-state index >= 15 is 0 Å². The molecule has 1 amide bonds. The van der Waals surface area contributed by atoms with Gasteiger partial charge in [0.2, 0.25) is 0 Å². The number of amides is 1. The van der Waals surface area contributed by atoms with Gasteiger partial charge in [-0.15, -0.1) is 0 Å². The first-order chi connectivity index (χ1) is 7.68. The summed E-state index contributed by atoms with van der Waals surface area (Å²) < 4.78 is 0. The Morgan fingerprint density at radius 3 is 2.75 bits per heavy atom. The van der Waals surface area contributed by atoms with Crippen LogP contribution in [0.1, 0.15) is 16.8 Å². The molecular weight excluding hydrogens is 202 g/mol. The minimum absolute atomic E-state index is 0.0858. The molecule has 1 fully saturated rings. The topological polar surface area (TPSA) is 36.4 Å². The maximum atomic E-state index is 12.1. The Balaban J connectivity index is 2.05. The highest BCUT2D eigenvalue weighted by atomic mass is 16.2. The fraction of sp³-hybridized carbons (Fsp3) is 0.500. The van der Waals surface area contributed by atoms with Crippen molar-refractivity contribution in [1.29, 1.82) is 0 Å². The Hall–Kier alpha value is -1.42. The summed E-state index contributed by atoms with van der Waals surface area (Å²) in [7, 11) is 3.97. The van der Waals surface area contributed by atoms with Crippen molar-refractivity contribution in [3.05, 3.63) is 30.1 Å². The molecule has 0 aliphatic carbocycles. The number of hydrogen-bond acceptors (Lipinski definition) is 3. The number of carbonyl (C=O) groups is 1. The van der Waals surface area contributed by atoms with Crippen molar-refractivity contribution in [2.45, 2.75) is 12.5 Å². The highest BCUT2D eigenvalue weighted by Crippen LogP contribution is 2.14. The predicted molar refractivity (Wildman–Crippen MR) is 62.2 cm³/mol. The molecule has 86 valence electrons. The highest BCUT2D eigenvalue weighted by Gasteiger charge is 2.26. The van der Waals surface area contributed by atoms with Crippen LogP contribution in [0.25, 0.3) is 0 Å². The smallest absolute Gasteiger partial charge is 0.253 e. The third kappa shape index (κ3) is 2.22. The lowest BCUT2D eigenvalue weighted by Crippen LogP contribution is -2.38. The van der Waals surface area contributed by atoms with Crippen LogP contribution in [0.4, 0.5) is 0 Å². The van der Waals surface area contributed by atoms with E-state index in [0.717, 1.165) is 19.5 Å². The number of aromatic nitrogens is 1. The van der Waals surface area contributed by atoms with Gasteiger partial charge in [-0.3, -0.25) is 9.78 Å². The molecule has 1 atom stereocenters. The summed E-state index contributed by atoms with van der Waals surface area (Å²) >= 11 is 0. The Bertz CT molecular complexity index is 366. The van der Waals surface area contributed by atoms with Crippen molar-refractivity contribution in [3.8, 4) is 0 Å². The molecule has 0 bridgehead atoms. The number of likely N-dealkylation sites (tertiary alicyclic amines) is 1. The third-order valence-corrected chi connectivity index (χ3v) is 3.16. The summed E-state index contributed by atoms with van der Waals surface area (Å²) in [5.41, 5.74) is 0.715. The van der Waals surface area contributed by atoms with Gasteiger partial charge in [0.1, 0.15) is 0 Å². The van der Waals surface area contributed by atoms with E-state index in [1.54, 1.807) is 24.5 Å². The SMILES string of the molecule is CN1CCC(N(C)C(=O)c2ccncc2)C1. The summed E-state index contributed by atoms with van der Waals surface area (Å²) in [6.07, 6.45) is 4.37. The molecule has 4 nitrogen and oxygen atoms in total. The average molecular weight is 219 g/mol. The second-order valence-corrected chi connectivity index (χ2v) is 4.36. The zero-order chi connectivity index (χ0) is 11.5. The molecule has 0 saturated carbocycles. The Kier molecular flexibility index (Phi) is 3.19. The van der Waals surface area contributed by atoms with Gasteiger partial charge < -0.3 is 9.80 Å². The zero-order valence-electron chi connectivity index (χ0n) is 9.76. The molecule has 2 heterocycles. The number of carbonyl (C=O) groups excluding carboxylic acids is 1. The lowest BCUT2D eigenvalue weighted by Gasteiger charge is -2.24. The first-order valence-electron chi connectivity index (χ1n) is 5.54. The van der Waals surface area contributed by atoms with Crippen LogP contribution >= 0.6 is 0 Å². The summed E-state index contributed by atoms with van der Waals surface area (Å²) in [6, 6.07) is 3.86. The standard InChI is InChI=1S/C12H17N3O/c1-14-8-5-11(9-14)15(2)12(16)10-3-6-13-7-4-10/h3-4,6-7,11H,5,8-9H2,1-2H3. The van der Waals surface area contributed by atoms with Gasteiger partial charge in [-0.1, -0.05) is 0 Å². The molecule has 1 aromatic rings. The second kappa shape index (κ2) is 4.61. The Labute approximate surface area is 95.9 Å². The quantitative estimate of drug-likeness (QED) is 0.740. The summed E-state index contributed by atoms with van der Waals surface area (Å²) in [4.78, 5) is 20.1. The maximum Gasteiger partial charge on any atom is 0.253 e. The number of likely N-dealkylation sites (N-methyl/N-ethyl adjacent to an activating group) is 2. The Morgan fingerprint density at radius 2 is 2.19 bits per heavy atom. The molecule has 1 aliphatic rings. The average Bonchev–Trinajstić information content (AvgIpc) is 2.75. The van der Waals surface area contributed by atoms with E-state index in [1.165, 1.54) is 0 Å². The molecule has 2 rings (SSSR count). The summed E-state index contributed by atoms with van der Waals surface area (Å²) in [5.74, 6) is 0.0858. The summed E-state index contributed by atoms with van der Waals surface area (Å²) in [6.45, 7) is 2.03. The largest absolute Gasteiger partial charge is 0.337 e. The second-order valence-electron chi connectivity index (χ2n) is 4.36.